The van der Waals surface area contributed by atoms with E-state index in [9.17, 15) is 13.2 Å². The molecular weight excluding hydrogens is 440 g/mol. The van der Waals surface area contributed by atoms with Gasteiger partial charge in [0.15, 0.2) is 0 Å². The first kappa shape index (κ1) is 18.7. The molecule has 0 unspecified atom stereocenters. The Morgan fingerprint density at radius 1 is 0.964 bits per heavy atom. The summed E-state index contributed by atoms with van der Waals surface area (Å²) in [7, 11) is -3.74. The molecule has 1 aliphatic rings. The summed E-state index contributed by atoms with van der Waals surface area (Å²) in [6.07, 6.45) is 0.817. The Kier molecular flexibility index (Phi) is 4.95. The van der Waals surface area contributed by atoms with Gasteiger partial charge in [-0.2, -0.15) is 0 Å². The van der Waals surface area contributed by atoms with Crippen LogP contribution in [0.4, 0.5) is 11.4 Å². The van der Waals surface area contributed by atoms with Crippen molar-refractivity contribution in [3.05, 3.63) is 88.4 Å². The largest absolute Gasteiger partial charge is 0.308 e. The van der Waals surface area contributed by atoms with Gasteiger partial charge >= 0.3 is 0 Å². The highest BCUT2D eigenvalue weighted by Gasteiger charge is 2.25. The molecule has 7 heteroatoms. The summed E-state index contributed by atoms with van der Waals surface area (Å²) in [5.74, 6) is -0.144. The summed E-state index contributed by atoms with van der Waals surface area (Å²) in [5, 5.41) is 0. The minimum absolute atomic E-state index is 0.144. The number of sulfonamides is 1. The van der Waals surface area contributed by atoms with Crippen LogP contribution in [0.15, 0.2) is 82.2 Å². The average Bonchev–Trinajstić information content (AvgIpc) is 3.12. The molecule has 142 valence electrons. The van der Waals surface area contributed by atoms with E-state index >= 15 is 0 Å². The maximum Gasteiger partial charge on any atom is 0.261 e. The van der Waals surface area contributed by atoms with Crippen LogP contribution in [0.5, 0.6) is 0 Å². The van der Waals surface area contributed by atoms with E-state index in [0.717, 1.165) is 22.1 Å². The normalized spacial score (nSPS) is 13.2. The van der Waals surface area contributed by atoms with E-state index in [-0.39, 0.29) is 10.8 Å². The predicted molar refractivity (Wildman–Crippen MR) is 113 cm³/mol. The first-order chi connectivity index (χ1) is 13.4. The van der Waals surface area contributed by atoms with E-state index in [1.165, 1.54) is 12.1 Å². The van der Waals surface area contributed by atoms with Gasteiger partial charge in [0.05, 0.1) is 4.90 Å². The summed E-state index contributed by atoms with van der Waals surface area (Å²) in [6, 6.07) is 20.8. The number of benzene rings is 3. The van der Waals surface area contributed by atoms with Crippen molar-refractivity contribution >= 4 is 43.2 Å². The van der Waals surface area contributed by atoms with Crippen LogP contribution in [0.2, 0.25) is 0 Å². The number of halogens is 1. The van der Waals surface area contributed by atoms with E-state index in [2.05, 4.69) is 20.7 Å². The number of nitrogens with zero attached hydrogens (tertiary/aromatic N) is 1. The number of anilines is 2. The van der Waals surface area contributed by atoms with Gasteiger partial charge in [-0.1, -0.05) is 40.2 Å². The van der Waals surface area contributed by atoms with E-state index in [0.29, 0.717) is 17.8 Å². The zero-order valence-corrected chi connectivity index (χ0v) is 17.2. The maximum absolute atomic E-state index is 13.0. The SMILES string of the molecule is O=C(c1cccc(NS(=O)(=O)c2ccc(Br)cc2)c1)N1CCc2ccccc21. The molecule has 0 aliphatic carbocycles. The summed E-state index contributed by atoms with van der Waals surface area (Å²) in [4.78, 5) is 14.9. The van der Waals surface area contributed by atoms with Crippen molar-refractivity contribution < 1.29 is 13.2 Å². The van der Waals surface area contributed by atoms with Crippen molar-refractivity contribution in [1.29, 1.82) is 0 Å². The molecule has 1 amide bonds. The van der Waals surface area contributed by atoms with E-state index < -0.39 is 10.0 Å². The number of rotatable bonds is 4. The van der Waals surface area contributed by atoms with Crippen molar-refractivity contribution in [3.8, 4) is 0 Å². The standard InChI is InChI=1S/C21H17BrN2O3S/c22-17-8-10-19(11-9-17)28(26,27)23-18-6-3-5-16(14-18)21(25)24-13-12-15-4-1-2-7-20(15)24/h1-11,14,23H,12-13H2. The fraction of sp³-hybridized carbons (Fsp3) is 0.0952. The van der Waals surface area contributed by atoms with Crippen LogP contribution in [-0.2, 0) is 16.4 Å². The van der Waals surface area contributed by atoms with Crippen molar-refractivity contribution in [2.75, 3.05) is 16.2 Å². The molecule has 1 aliphatic heterocycles. The second-order valence-electron chi connectivity index (χ2n) is 6.48. The lowest BCUT2D eigenvalue weighted by Crippen LogP contribution is -2.28. The van der Waals surface area contributed by atoms with Gasteiger partial charge in [-0.25, -0.2) is 8.42 Å². The molecule has 0 bridgehead atoms. The third-order valence-corrected chi connectivity index (χ3v) is 6.54. The van der Waals surface area contributed by atoms with E-state index in [1.54, 1.807) is 41.3 Å². The summed E-state index contributed by atoms with van der Waals surface area (Å²) < 4.78 is 28.5. The molecule has 0 fully saturated rings. The monoisotopic (exact) mass is 456 g/mol. The van der Waals surface area contributed by atoms with E-state index in [1.807, 2.05) is 24.3 Å². The summed E-state index contributed by atoms with van der Waals surface area (Å²) >= 11 is 3.29. The van der Waals surface area contributed by atoms with Gasteiger partial charge in [-0.05, 0) is 60.5 Å². The van der Waals surface area contributed by atoms with Gasteiger partial charge in [0, 0.05) is 28.0 Å². The Morgan fingerprint density at radius 3 is 2.50 bits per heavy atom. The second-order valence-corrected chi connectivity index (χ2v) is 9.07. The first-order valence-corrected chi connectivity index (χ1v) is 11.0. The zero-order valence-electron chi connectivity index (χ0n) is 14.8. The number of fused-ring (bicyclic) bond motifs is 1. The molecule has 28 heavy (non-hydrogen) atoms. The second kappa shape index (κ2) is 7.41. The third-order valence-electron chi connectivity index (χ3n) is 4.62. The van der Waals surface area contributed by atoms with Gasteiger partial charge in [-0.15, -0.1) is 0 Å². The molecular formula is C21H17BrN2O3S. The molecule has 0 radical (unpaired) electrons. The summed E-state index contributed by atoms with van der Waals surface area (Å²) in [5.41, 5.74) is 2.84. The number of para-hydroxylation sites is 1. The minimum atomic E-state index is -3.74. The lowest BCUT2D eigenvalue weighted by Gasteiger charge is -2.18. The number of carbonyl (C=O) groups is 1. The van der Waals surface area contributed by atoms with Crippen LogP contribution in [0, 0.1) is 0 Å². The molecule has 5 nitrogen and oxygen atoms in total. The van der Waals surface area contributed by atoms with Gasteiger partial charge in [-0.3, -0.25) is 9.52 Å². The van der Waals surface area contributed by atoms with Crippen LogP contribution in [-0.4, -0.2) is 20.9 Å². The Labute approximate surface area is 172 Å². The quantitative estimate of drug-likeness (QED) is 0.630. The van der Waals surface area contributed by atoms with Crippen molar-refractivity contribution in [2.45, 2.75) is 11.3 Å². The van der Waals surface area contributed by atoms with Crippen molar-refractivity contribution in [3.63, 3.8) is 0 Å². The Balaban J connectivity index is 1.58. The maximum atomic E-state index is 13.0. The van der Waals surface area contributed by atoms with E-state index in [4.69, 9.17) is 0 Å². The molecule has 0 spiro atoms. The Bertz CT molecular complexity index is 1140. The van der Waals surface area contributed by atoms with Crippen LogP contribution in [0.25, 0.3) is 0 Å². The lowest BCUT2D eigenvalue weighted by molar-refractivity contribution is 0.0989. The number of hydrogen-bond acceptors (Lipinski definition) is 3. The number of nitrogens with one attached hydrogen (secondary N) is 1. The Morgan fingerprint density at radius 2 is 1.71 bits per heavy atom. The smallest absolute Gasteiger partial charge is 0.261 e. The highest BCUT2D eigenvalue weighted by Crippen LogP contribution is 2.29. The molecule has 1 N–H and O–H groups in total. The predicted octanol–water partition coefficient (Wildman–Crippen LogP) is 4.45. The molecule has 0 aromatic heterocycles. The van der Waals surface area contributed by atoms with Gasteiger partial charge in [0.2, 0.25) is 0 Å². The van der Waals surface area contributed by atoms with Gasteiger partial charge in [0.1, 0.15) is 0 Å². The fourth-order valence-electron chi connectivity index (χ4n) is 3.25. The zero-order chi connectivity index (χ0) is 19.7. The number of carbonyl (C=O) groups excluding carboxylic acids is 1. The van der Waals surface area contributed by atoms with Crippen LogP contribution < -0.4 is 9.62 Å². The molecule has 0 saturated heterocycles. The highest BCUT2D eigenvalue weighted by molar-refractivity contribution is 9.10. The molecule has 1 heterocycles. The van der Waals surface area contributed by atoms with Gasteiger partial charge in [0.25, 0.3) is 15.9 Å². The average molecular weight is 457 g/mol. The fourth-order valence-corrected chi connectivity index (χ4v) is 4.56. The van der Waals surface area contributed by atoms with Gasteiger partial charge < -0.3 is 4.90 Å². The molecule has 4 rings (SSSR count). The Hall–Kier alpha value is -2.64. The summed E-state index contributed by atoms with van der Waals surface area (Å²) in [6.45, 7) is 0.618. The van der Waals surface area contributed by atoms with Crippen LogP contribution >= 0.6 is 15.9 Å². The van der Waals surface area contributed by atoms with Crippen molar-refractivity contribution in [2.24, 2.45) is 0 Å². The molecule has 3 aromatic rings. The van der Waals surface area contributed by atoms with Crippen molar-refractivity contribution in [1.82, 2.24) is 0 Å². The van der Waals surface area contributed by atoms with Crippen LogP contribution in [0.3, 0.4) is 0 Å². The lowest BCUT2D eigenvalue weighted by atomic mass is 10.1. The highest BCUT2D eigenvalue weighted by atomic mass is 79.9. The third kappa shape index (κ3) is 3.68. The minimum Gasteiger partial charge on any atom is -0.308 e. The first-order valence-electron chi connectivity index (χ1n) is 8.72. The number of hydrogen-bond donors (Lipinski definition) is 1. The number of amides is 1. The molecule has 3 aromatic carbocycles. The topological polar surface area (TPSA) is 66.5 Å². The van der Waals surface area contributed by atoms with Crippen LogP contribution in [0.1, 0.15) is 15.9 Å². The molecule has 0 saturated carbocycles. The molecule has 0 atom stereocenters.